The number of anilines is 1. The average molecular weight is 399 g/mol. The second kappa shape index (κ2) is 6.61. The predicted molar refractivity (Wildman–Crippen MR) is 111 cm³/mol. The van der Waals surface area contributed by atoms with Crippen LogP contribution in [0.1, 0.15) is 2.85 Å². The van der Waals surface area contributed by atoms with Gasteiger partial charge in [-0.05, 0) is 24.3 Å². The minimum Gasteiger partial charge on any atom is -0.497 e. The Hall–Kier alpha value is -3.46. The van der Waals surface area contributed by atoms with Crippen molar-refractivity contribution in [1.82, 2.24) is 19.9 Å². The number of rotatable bonds is 4. The predicted octanol–water partition coefficient (Wildman–Crippen LogP) is 3.17. The molecule has 4 rings (SSSR count). The molecular weight excluding hydrogens is 378 g/mol. The maximum absolute atomic E-state index is 11.6. The van der Waals surface area contributed by atoms with Gasteiger partial charge in [0.25, 0.3) is 0 Å². The fourth-order valence-electron chi connectivity index (χ4n) is 2.81. The van der Waals surface area contributed by atoms with Crippen molar-refractivity contribution in [2.75, 3.05) is 19.1 Å². The standard InChI is InChI=1S/C19H17N5O3S.2H2/c1-27-12-5-8-14-15(9-12)24-19(23-14)17-18(20)21-10-16(22-17)11-3-6-13(7-4-11)28(2,25)26;;/h3-10H,1-2H3,(H2,20,21)(H,23,24);2*1H. The number of sulfone groups is 1. The van der Waals surface area contributed by atoms with E-state index in [2.05, 4.69) is 19.9 Å². The van der Waals surface area contributed by atoms with Crippen LogP contribution in [0.15, 0.2) is 53.6 Å². The van der Waals surface area contributed by atoms with E-state index in [1.54, 1.807) is 25.4 Å². The number of nitrogens with zero attached hydrogens (tertiary/aromatic N) is 3. The Kier molecular flexibility index (Phi) is 4.23. The summed E-state index contributed by atoms with van der Waals surface area (Å²) in [7, 11) is -1.66. The van der Waals surface area contributed by atoms with Gasteiger partial charge in [-0.2, -0.15) is 0 Å². The lowest BCUT2D eigenvalue weighted by atomic mass is 10.1. The molecule has 0 unspecified atom stereocenters. The fourth-order valence-corrected chi connectivity index (χ4v) is 3.44. The summed E-state index contributed by atoms with van der Waals surface area (Å²) in [5.74, 6) is 1.44. The number of nitrogen functional groups attached to an aromatic ring is 1. The fraction of sp³-hybridized carbons (Fsp3) is 0.105. The maximum Gasteiger partial charge on any atom is 0.175 e. The lowest BCUT2D eigenvalue weighted by Crippen LogP contribution is -2.00. The van der Waals surface area contributed by atoms with Crippen molar-refractivity contribution in [3.8, 4) is 28.5 Å². The maximum atomic E-state index is 11.6. The molecule has 0 fully saturated rings. The van der Waals surface area contributed by atoms with Crippen LogP contribution in [-0.4, -0.2) is 41.7 Å². The monoisotopic (exact) mass is 399 g/mol. The summed E-state index contributed by atoms with van der Waals surface area (Å²) in [6.45, 7) is 0. The average Bonchev–Trinajstić information content (AvgIpc) is 3.10. The topological polar surface area (TPSA) is 124 Å². The summed E-state index contributed by atoms with van der Waals surface area (Å²) in [6.07, 6.45) is 2.71. The van der Waals surface area contributed by atoms with Crippen LogP contribution in [0.2, 0.25) is 0 Å². The summed E-state index contributed by atoms with van der Waals surface area (Å²) in [6, 6.07) is 11.9. The lowest BCUT2D eigenvalue weighted by molar-refractivity contribution is 0.415. The molecule has 4 aromatic rings. The summed E-state index contributed by atoms with van der Waals surface area (Å²) in [4.78, 5) is 16.8. The van der Waals surface area contributed by atoms with Crippen LogP contribution >= 0.6 is 0 Å². The van der Waals surface area contributed by atoms with E-state index in [0.29, 0.717) is 23.0 Å². The Morgan fingerprint density at radius 1 is 1.11 bits per heavy atom. The number of benzene rings is 2. The zero-order valence-corrected chi connectivity index (χ0v) is 16.0. The van der Waals surface area contributed by atoms with Gasteiger partial charge < -0.3 is 15.5 Å². The smallest absolute Gasteiger partial charge is 0.175 e. The molecule has 28 heavy (non-hydrogen) atoms. The van der Waals surface area contributed by atoms with Crippen molar-refractivity contribution in [1.29, 1.82) is 0 Å². The highest BCUT2D eigenvalue weighted by Crippen LogP contribution is 2.27. The first kappa shape index (κ1) is 17.9. The molecule has 8 nitrogen and oxygen atoms in total. The summed E-state index contributed by atoms with van der Waals surface area (Å²) < 4.78 is 28.5. The molecular formula is C19H21N5O3S. The van der Waals surface area contributed by atoms with Crippen molar-refractivity contribution < 1.29 is 16.0 Å². The minimum atomic E-state index is -3.26. The summed E-state index contributed by atoms with van der Waals surface area (Å²) in [5, 5.41) is 0. The number of methoxy groups -OCH3 is 1. The number of H-pyrrole nitrogens is 1. The highest BCUT2D eigenvalue weighted by molar-refractivity contribution is 7.90. The highest BCUT2D eigenvalue weighted by atomic mass is 32.2. The van der Waals surface area contributed by atoms with E-state index < -0.39 is 9.84 Å². The van der Waals surface area contributed by atoms with Gasteiger partial charge in [0.1, 0.15) is 11.4 Å². The molecule has 2 aromatic carbocycles. The van der Waals surface area contributed by atoms with Crippen LogP contribution < -0.4 is 10.5 Å². The van der Waals surface area contributed by atoms with Crippen LogP contribution in [0, 0.1) is 0 Å². The van der Waals surface area contributed by atoms with E-state index >= 15 is 0 Å². The third-order valence-electron chi connectivity index (χ3n) is 4.29. The molecule has 0 radical (unpaired) electrons. The quantitative estimate of drug-likeness (QED) is 0.540. The Morgan fingerprint density at radius 3 is 2.54 bits per heavy atom. The first-order chi connectivity index (χ1) is 13.3. The highest BCUT2D eigenvalue weighted by Gasteiger charge is 2.14. The van der Waals surface area contributed by atoms with Gasteiger partial charge in [-0.1, -0.05) is 12.1 Å². The molecule has 0 bridgehead atoms. The van der Waals surface area contributed by atoms with Crippen LogP contribution in [0.25, 0.3) is 33.8 Å². The van der Waals surface area contributed by atoms with Gasteiger partial charge in [-0.15, -0.1) is 0 Å². The number of ether oxygens (including phenoxy) is 1. The Labute approximate surface area is 164 Å². The van der Waals surface area contributed by atoms with E-state index in [-0.39, 0.29) is 13.6 Å². The Morgan fingerprint density at radius 2 is 1.86 bits per heavy atom. The van der Waals surface area contributed by atoms with E-state index in [0.717, 1.165) is 16.6 Å². The largest absolute Gasteiger partial charge is 0.497 e. The van der Waals surface area contributed by atoms with Gasteiger partial charge in [0.15, 0.2) is 21.5 Å². The first-order valence-corrected chi connectivity index (χ1v) is 10.2. The van der Waals surface area contributed by atoms with Gasteiger partial charge in [0, 0.05) is 20.7 Å². The number of imidazole rings is 1. The number of aromatic nitrogens is 4. The van der Waals surface area contributed by atoms with Gasteiger partial charge in [-0.3, -0.25) is 0 Å². The molecule has 0 aliphatic rings. The zero-order chi connectivity index (χ0) is 19.9. The molecule has 0 saturated carbocycles. The third kappa shape index (κ3) is 3.27. The molecule has 9 heteroatoms. The molecule has 146 valence electrons. The van der Waals surface area contributed by atoms with E-state index in [9.17, 15) is 8.42 Å². The van der Waals surface area contributed by atoms with Crippen LogP contribution in [-0.2, 0) is 9.84 Å². The molecule has 2 aromatic heterocycles. The number of nitrogens with two attached hydrogens (primary N) is 1. The summed E-state index contributed by atoms with van der Waals surface area (Å²) in [5.41, 5.74) is 9.26. The molecule has 0 amide bonds. The van der Waals surface area contributed by atoms with Crippen molar-refractivity contribution in [2.45, 2.75) is 4.90 Å². The van der Waals surface area contributed by atoms with Crippen molar-refractivity contribution in [3.63, 3.8) is 0 Å². The van der Waals surface area contributed by atoms with Gasteiger partial charge in [0.2, 0.25) is 0 Å². The molecule has 0 aliphatic carbocycles. The normalized spacial score (nSPS) is 11.6. The second-order valence-corrected chi connectivity index (χ2v) is 8.27. The molecule has 0 atom stereocenters. The van der Waals surface area contributed by atoms with Crippen molar-refractivity contribution >= 4 is 26.7 Å². The zero-order valence-electron chi connectivity index (χ0n) is 15.2. The second-order valence-electron chi connectivity index (χ2n) is 6.25. The molecule has 0 aliphatic heterocycles. The number of hydrogen-bond acceptors (Lipinski definition) is 7. The van der Waals surface area contributed by atoms with Crippen molar-refractivity contribution in [3.05, 3.63) is 48.7 Å². The molecule has 0 spiro atoms. The minimum absolute atomic E-state index is 0. The van der Waals surface area contributed by atoms with Crippen LogP contribution in [0.4, 0.5) is 5.82 Å². The molecule has 3 N–H and O–H groups in total. The number of aromatic amines is 1. The molecule has 2 heterocycles. The number of hydrogen-bond donors (Lipinski definition) is 2. The van der Waals surface area contributed by atoms with Gasteiger partial charge in [0.05, 0.1) is 34.9 Å². The van der Waals surface area contributed by atoms with E-state index in [1.165, 1.54) is 18.4 Å². The third-order valence-corrected chi connectivity index (χ3v) is 5.42. The molecule has 0 saturated heterocycles. The number of nitrogens with one attached hydrogen (secondary N) is 1. The van der Waals surface area contributed by atoms with Crippen LogP contribution in [0.3, 0.4) is 0 Å². The lowest BCUT2D eigenvalue weighted by Gasteiger charge is -2.06. The van der Waals surface area contributed by atoms with Crippen LogP contribution in [0.5, 0.6) is 5.75 Å². The Balaban J connectivity index is 0.00000160. The van der Waals surface area contributed by atoms with Gasteiger partial charge in [-0.25, -0.2) is 23.4 Å². The van der Waals surface area contributed by atoms with E-state index in [1.807, 2.05) is 18.2 Å². The number of fused-ring (bicyclic) bond motifs is 1. The Bertz CT molecular complexity index is 1290. The van der Waals surface area contributed by atoms with Crippen molar-refractivity contribution in [2.24, 2.45) is 0 Å². The SMILES string of the molecule is COc1ccc2nc(-c3nc(-c4ccc(S(C)(=O)=O)cc4)cnc3N)[nH]c2c1.[HH].[HH]. The first-order valence-electron chi connectivity index (χ1n) is 8.32. The summed E-state index contributed by atoms with van der Waals surface area (Å²) >= 11 is 0. The van der Waals surface area contributed by atoms with Gasteiger partial charge >= 0.3 is 0 Å². The van der Waals surface area contributed by atoms with E-state index in [4.69, 9.17) is 10.5 Å².